The molecule has 0 aromatic rings. The van der Waals surface area contributed by atoms with Crippen molar-refractivity contribution in [1.29, 1.82) is 0 Å². The number of primary amides is 1. The van der Waals surface area contributed by atoms with Gasteiger partial charge in [-0.2, -0.15) is 0 Å². The van der Waals surface area contributed by atoms with E-state index < -0.39 is 102 Å². The molecule has 4 rings (SSSR count). The number of carboxylic acid groups (broad SMARTS) is 7. The van der Waals surface area contributed by atoms with Crippen molar-refractivity contribution in [3.8, 4) is 0 Å². The molecular formula is C52H95N9O21. The van der Waals surface area contributed by atoms with Gasteiger partial charge in [0, 0.05) is 19.4 Å². The number of hydrogen-bond acceptors (Lipinski definition) is 21. The van der Waals surface area contributed by atoms with E-state index in [1.54, 1.807) is 7.05 Å². The number of carboxylic acids is 7. The number of nitrogens with two attached hydrogens (primary N) is 4. The minimum absolute atomic E-state index is 0.0120. The predicted molar refractivity (Wildman–Crippen MR) is 295 cm³/mol. The van der Waals surface area contributed by atoms with E-state index in [0.29, 0.717) is 50.4 Å². The van der Waals surface area contributed by atoms with E-state index in [9.17, 15) is 62.6 Å². The molecule has 2 amide bonds. The third-order valence-corrected chi connectivity index (χ3v) is 12.2. The smallest absolute Gasteiger partial charge is 0.346 e. The largest absolute Gasteiger partial charge is 0.480 e. The molecule has 1 unspecified atom stereocenters. The Bertz CT molecular complexity index is 1970. The number of esters is 3. The maximum Gasteiger partial charge on any atom is 0.346 e. The molecule has 3 aliphatic heterocycles. The van der Waals surface area contributed by atoms with E-state index in [4.69, 9.17) is 63.0 Å². The Kier molecular flexibility index (Phi) is 43.0. The van der Waals surface area contributed by atoms with Gasteiger partial charge in [0.1, 0.15) is 48.3 Å². The van der Waals surface area contributed by atoms with Gasteiger partial charge in [-0.1, -0.05) is 54.4 Å². The fourth-order valence-corrected chi connectivity index (χ4v) is 7.53. The van der Waals surface area contributed by atoms with Crippen LogP contribution in [0.3, 0.4) is 0 Å². The van der Waals surface area contributed by atoms with Crippen molar-refractivity contribution in [2.24, 2.45) is 46.6 Å². The monoisotopic (exact) mass is 1180 g/mol. The molecule has 4 fully saturated rings. The SMILES string of the molecule is CC(C)C[C@@H](C(=O)OC(=O)[C@@H](N)CCC(N)=O)N(C)CC(OC(=O)C1CCCC1)C(=O)O.CC(C)C[C@H](N)C(=O)O.CN[C@@H](CC(C)C)C(=O)O.C[C@H](N)C(=O)O.O=C(O)[C@@H]1CCCN1.O=C(O)[C@@H]1CCCN1.O=C1CC[C@@H](C(=O)O)N1. The molecule has 3 saturated heterocycles. The third kappa shape index (κ3) is 39.9. The fraction of sp³-hybridized carbons (Fsp3) is 0.769. The van der Waals surface area contributed by atoms with E-state index in [0.717, 1.165) is 51.6 Å². The maximum atomic E-state index is 12.7. The summed E-state index contributed by atoms with van der Waals surface area (Å²) >= 11 is 0. The van der Waals surface area contributed by atoms with Crippen molar-refractivity contribution in [2.45, 2.75) is 199 Å². The lowest BCUT2D eigenvalue weighted by Crippen LogP contribution is -2.48. The molecule has 0 spiro atoms. The molecule has 4 aliphatic rings. The van der Waals surface area contributed by atoms with Gasteiger partial charge in [-0.05, 0) is 122 Å². The van der Waals surface area contributed by atoms with Crippen molar-refractivity contribution in [3.63, 3.8) is 0 Å². The zero-order valence-electron chi connectivity index (χ0n) is 48.8. The van der Waals surface area contributed by atoms with Crippen molar-refractivity contribution in [3.05, 3.63) is 0 Å². The molecule has 0 bridgehead atoms. The van der Waals surface area contributed by atoms with Crippen LogP contribution in [0.5, 0.6) is 0 Å². The van der Waals surface area contributed by atoms with Crippen LogP contribution in [-0.2, 0) is 67.0 Å². The van der Waals surface area contributed by atoms with E-state index in [1.165, 1.54) is 18.9 Å². The summed E-state index contributed by atoms with van der Waals surface area (Å²) in [6.07, 6.45) is 7.31. The highest BCUT2D eigenvalue weighted by Crippen LogP contribution is 2.26. The normalized spacial score (nSPS) is 19.2. The average molecular weight is 1180 g/mol. The number of carbonyl (C=O) groups excluding carboxylic acids is 5. The zero-order chi connectivity index (χ0) is 64.0. The van der Waals surface area contributed by atoms with Crippen molar-refractivity contribution >= 4 is 71.5 Å². The van der Waals surface area contributed by atoms with Crippen LogP contribution in [0, 0.1) is 23.7 Å². The number of nitrogens with zero attached hydrogens (tertiary/aromatic N) is 1. The van der Waals surface area contributed by atoms with Crippen molar-refractivity contribution in [2.75, 3.05) is 33.7 Å². The van der Waals surface area contributed by atoms with Gasteiger partial charge in [0.15, 0.2) is 0 Å². The third-order valence-electron chi connectivity index (χ3n) is 12.2. The van der Waals surface area contributed by atoms with Crippen LogP contribution in [0.15, 0.2) is 0 Å². The minimum Gasteiger partial charge on any atom is -0.480 e. The van der Waals surface area contributed by atoms with Crippen LogP contribution in [0.2, 0.25) is 0 Å². The Labute approximate surface area is 478 Å². The first-order valence-corrected chi connectivity index (χ1v) is 27.2. The Balaban J connectivity index is -0.00000101. The standard InChI is InChI=1S/C21H35N3O8.C7H15NO2.C6H13NO2.C5H7NO3.2C5H9NO2.C3H7NO2/c1-12(2)10-15(21(30)32-20(29)14(22)8-9-17(23)25)24(3)11-16(18(26)27)31-19(28)13-6-4-5-7-13;1-5(2)4-6(8-3)7(9)10;1-4(2)3-5(7)6(8)9;7-4-2-1-3(6-4)5(8)9;2*7-5(8)4-2-1-3-6-4;1-2(4)3(5)6/h12-16H,4-11,22H2,1-3H3,(H2,23,25)(H,26,27);5-6,8H,4H2,1-3H3,(H,9,10);4-5H,3,7H2,1-2H3,(H,8,9);3H,1-2H2,(H,6,7)(H,8,9);2*4,6H,1-3H2,(H,7,8);2H,4H2,1H3,(H,5,6)/t14-,15-,16?;6-;5-;3-;2*4-;2-/m0000000/s1. The molecule has 474 valence electrons. The number of hydrogen-bond donors (Lipinski definition) is 15. The highest BCUT2D eigenvalue weighted by atomic mass is 16.6. The van der Waals surface area contributed by atoms with Gasteiger partial charge in [-0.3, -0.25) is 43.3 Å². The lowest BCUT2D eigenvalue weighted by Gasteiger charge is -2.29. The molecule has 30 nitrogen and oxygen atoms in total. The topological polar surface area (TPSA) is 520 Å². The van der Waals surface area contributed by atoms with Crippen LogP contribution in [0.4, 0.5) is 0 Å². The van der Waals surface area contributed by atoms with Crippen LogP contribution >= 0.6 is 0 Å². The summed E-state index contributed by atoms with van der Waals surface area (Å²) in [7, 11) is 3.16. The summed E-state index contributed by atoms with van der Waals surface area (Å²) in [5, 5.41) is 70.0. The molecule has 82 heavy (non-hydrogen) atoms. The molecule has 30 heteroatoms. The second kappa shape index (κ2) is 44.2. The number of likely N-dealkylation sites (N-methyl/N-ethyl adjacent to an activating group) is 2. The number of amides is 2. The molecule has 19 N–H and O–H groups in total. The maximum absolute atomic E-state index is 12.7. The van der Waals surface area contributed by atoms with Crippen molar-refractivity contribution < 1.29 is 103 Å². The molecule has 1 saturated carbocycles. The summed E-state index contributed by atoms with van der Waals surface area (Å²) < 4.78 is 10.1. The van der Waals surface area contributed by atoms with Crippen LogP contribution in [0.1, 0.15) is 145 Å². The summed E-state index contributed by atoms with van der Waals surface area (Å²) in [5.41, 5.74) is 20.7. The van der Waals surface area contributed by atoms with Gasteiger partial charge in [0.05, 0.1) is 5.92 Å². The van der Waals surface area contributed by atoms with Crippen LogP contribution < -0.4 is 44.2 Å². The van der Waals surface area contributed by atoms with Gasteiger partial charge in [0.2, 0.25) is 17.9 Å². The molecular weight excluding hydrogens is 1090 g/mol. The molecule has 0 aromatic heterocycles. The summed E-state index contributed by atoms with van der Waals surface area (Å²) in [4.78, 5) is 132. The first-order valence-electron chi connectivity index (χ1n) is 27.2. The van der Waals surface area contributed by atoms with Crippen molar-refractivity contribution in [1.82, 2.24) is 26.2 Å². The second-order valence-electron chi connectivity index (χ2n) is 21.2. The lowest BCUT2D eigenvalue weighted by molar-refractivity contribution is -0.170. The first-order chi connectivity index (χ1) is 38.0. The second-order valence-corrected chi connectivity index (χ2v) is 21.2. The zero-order valence-corrected chi connectivity index (χ0v) is 48.8. The molecule has 9 atom stereocenters. The summed E-state index contributed by atoms with van der Waals surface area (Å²) in [6.45, 7) is 14.5. The Morgan fingerprint density at radius 2 is 1.07 bits per heavy atom. The highest BCUT2D eigenvalue weighted by molar-refractivity contribution is 5.91. The Morgan fingerprint density at radius 1 is 0.610 bits per heavy atom. The minimum atomic E-state index is -1.47. The lowest BCUT2D eigenvalue weighted by atomic mass is 10.0. The Hall–Kier alpha value is -6.44. The molecule has 1 aliphatic carbocycles. The predicted octanol–water partition coefficient (Wildman–Crippen LogP) is -0.255. The number of aliphatic carboxylic acids is 7. The summed E-state index contributed by atoms with van der Waals surface area (Å²) in [6, 6.07) is -5.15. The van der Waals surface area contributed by atoms with E-state index in [-0.39, 0.29) is 61.7 Å². The van der Waals surface area contributed by atoms with Crippen LogP contribution in [-0.4, -0.2) is 200 Å². The average Bonchev–Trinajstić information content (AvgIpc) is 4.24. The number of rotatable bonds is 24. The summed E-state index contributed by atoms with van der Waals surface area (Å²) in [5.74, 6) is -9.12. The van der Waals surface area contributed by atoms with Gasteiger partial charge >= 0.3 is 59.7 Å². The number of carbonyl (C=O) groups is 12. The fourth-order valence-electron chi connectivity index (χ4n) is 7.53. The number of nitrogens with one attached hydrogen (secondary N) is 4. The Morgan fingerprint density at radius 3 is 1.34 bits per heavy atom. The molecule has 0 aromatic carbocycles. The van der Waals surface area contributed by atoms with E-state index in [2.05, 4.69) is 21.3 Å². The molecule has 0 radical (unpaired) electrons. The van der Waals surface area contributed by atoms with Crippen LogP contribution in [0.25, 0.3) is 0 Å². The quantitative estimate of drug-likeness (QED) is 0.0437. The first kappa shape index (κ1) is 79.8. The number of ether oxygens (including phenoxy) is 2. The van der Waals surface area contributed by atoms with Gasteiger partial charge in [0.25, 0.3) is 0 Å². The van der Waals surface area contributed by atoms with Gasteiger partial charge in [-0.25, -0.2) is 19.2 Å². The van der Waals surface area contributed by atoms with E-state index >= 15 is 0 Å². The van der Waals surface area contributed by atoms with E-state index in [1.807, 2.05) is 41.5 Å². The highest BCUT2D eigenvalue weighted by Gasteiger charge is 2.35. The molecule has 3 heterocycles. The van der Waals surface area contributed by atoms with Gasteiger partial charge < -0.3 is 89.4 Å². The van der Waals surface area contributed by atoms with Gasteiger partial charge in [-0.15, -0.1) is 0 Å².